The van der Waals surface area contributed by atoms with Gasteiger partial charge in [-0.1, -0.05) is 48.0 Å². The monoisotopic (exact) mass is 493 g/mol. The lowest BCUT2D eigenvalue weighted by Gasteiger charge is -2.27. The van der Waals surface area contributed by atoms with Gasteiger partial charge in [0.1, 0.15) is 11.3 Å². The van der Waals surface area contributed by atoms with Gasteiger partial charge in [0.15, 0.2) is 11.5 Å². The van der Waals surface area contributed by atoms with E-state index in [9.17, 15) is 27.9 Å². The van der Waals surface area contributed by atoms with Gasteiger partial charge in [0.2, 0.25) is 5.78 Å². The topological polar surface area (TPSA) is 80.0 Å². The van der Waals surface area contributed by atoms with Crippen LogP contribution in [-0.2, 0) is 4.79 Å². The van der Waals surface area contributed by atoms with Gasteiger partial charge in [-0.2, -0.15) is 0 Å². The number of amides is 1. The number of fused-ring (bicyclic) bond motifs is 1. The summed E-state index contributed by atoms with van der Waals surface area (Å²) < 4.78 is 47.3. The highest BCUT2D eigenvalue weighted by Gasteiger charge is 2.45. The molecule has 1 amide bonds. The SMILES string of the molecule is Cc1cccc(C2C(C(=O)c3cc4ccccc4o3)=C(O)C(=O)N2c2ccc(OC(F)(F)F)cc2)c1. The minimum atomic E-state index is -4.87. The number of carbonyl (C=O) groups is 2. The summed E-state index contributed by atoms with van der Waals surface area (Å²) in [5.41, 5.74) is 1.81. The standard InChI is InChI=1S/C27H18F3NO5/c1-15-5-4-7-17(13-15)23-22(24(32)21-14-16-6-2-3-8-20(16)35-21)25(33)26(34)31(23)18-9-11-19(12-10-18)36-27(28,29)30/h2-14,23,33H,1H3. The minimum Gasteiger partial charge on any atom is -0.503 e. The van der Waals surface area contributed by atoms with Crippen molar-refractivity contribution in [3.63, 3.8) is 0 Å². The number of aliphatic hydroxyl groups is 1. The van der Waals surface area contributed by atoms with E-state index in [1.807, 2.05) is 13.0 Å². The number of aliphatic hydroxyl groups excluding tert-OH is 1. The highest BCUT2D eigenvalue weighted by atomic mass is 19.4. The van der Waals surface area contributed by atoms with E-state index in [4.69, 9.17) is 4.42 Å². The zero-order valence-electron chi connectivity index (χ0n) is 18.7. The molecule has 0 spiro atoms. The Morgan fingerprint density at radius 1 is 1.00 bits per heavy atom. The van der Waals surface area contributed by atoms with Crippen molar-refractivity contribution >= 4 is 28.3 Å². The Kier molecular flexibility index (Phi) is 5.55. The van der Waals surface area contributed by atoms with Crippen LogP contribution in [0.25, 0.3) is 11.0 Å². The summed E-state index contributed by atoms with van der Waals surface area (Å²) in [6, 6.07) is 19.1. The summed E-state index contributed by atoms with van der Waals surface area (Å²) >= 11 is 0. The number of hydrogen-bond donors (Lipinski definition) is 1. The maximum Gasteiger partial charge on any atom is 0.573 e. The van der Waals surface area contributed by atoms with E-state index in [2.05, 4.69) is 4.74 Å². The number of hydrogen-bond acceptors (Lipinski definition) is 5. The van der Waals surface area contributed by atoms with Crippen LogP contribution >= 0.6 is 0 Å². The summed E-state index contributed by atoms with van der Waals surface area (Å²) in [4.78, 5) is 28.0. The predicted octanol–water partition coefficient (Wildman–Crippen LogP) is 6.42. The third kappa shape index (κ3) is 4.19. The zero-order valence-corrected chi connectivity index (χ0v) is 18.7. The smallest absolute Gasteiger partial charge is 0.503 e. The fraction of sp³-hybridized carbons (Fsp3) is 0.111. The van der Waals surface area contributed by atoms with Crippen LogP contribution in [0.3, 0.4) is 0 Å². The number of aryl methyl sites for hydroxylation is 1. The molecule has 1 aliphatic rings. The second-order valence-electron chi connectivity index (χ2n) is 8.27. The second-order valence-corrected chi connectivity index (χ2v) is 8.27. The number of Topliss-reactive ketones (excluding diaryl/α,β-unsaturated/α-hetero) is 1. The summed E-state index contributed by atoms with van der Waals surface area (Å²) in [7, 11) is 0. The minimum absolute atomic E-state index is 0.0565. The Morgan fingerprint density at radius 2 is 1.72 bits per heavy atom. The summed E-state index contributed by atoms with van der Waals surface area (Å²) in [6.45, 7) is 1.83. The van der Waals surface area contributed by atoms with Crippen molar-refractivity contribution in [2.75, 3.05) is 4.90 Å². The van der Waals surface area contributed by atoms with Crippen LogP contribution in [0.2, 0.25) is 0 Å². The number of ether oxygens (including phenoxy) is 1. The first kappa shape index (κ1) is 23.2. The largest absolute Gasteiger partial charge is 0.573 e. The number of alkyl halides is 3. The summed E-state index contributed by atoms with van der Waals surface area (Å²) in [6.07, 6.45) is -4.87. The molecular weight excluding hydrogens is 475 g/mol. The molecule has 4 aromatic rings. The molecule has 1 aromatic heterocycles. The van der Waals surface area contributed by atoms with Crippen molar-refractivity contribution in [2.24, 2.45) is 0 Å². The van der Waals surface area contributed by atoms with Crippen LogP contribution in [0.15, 0.2) is 94.6 Å². The zero-order chi connectivity index (χ0) is 25.6. The fourth-order valence-corrected chi connectivity index (χ4v) is 4.29. The van der Waals surface area contributed by atoms with E-state index in [0.29, 0.717) is 16.5 Å². The molecule has 9 heteroatoms. The summed E-state index contributed by atoms with van der Waals surface area (Å²) in [5, 5.41) is 11.5. The van der Waals surface area contributed by atoms with Gasteiger partial charge >= 0.3 is 6.36 Å². The van der Waals surface area contributed by atoms with Gasteiger partial charge in [-0.25, -0.2) is 0 Å². The van der Waals surface area contributed by atoms with Gasteiger partial charge in [0, 0.05) is 11.1 Å². The maximum atomic E-state index is 13.6. The lowest BCUT2D eigenvalue weighted by Crippen LogP contribution is -2.31. The third-order valence-electron chi connectivity index (χ3n) is 5.81. The molecule has 0 fully saturated rings. The van der Waals surface area contributed by atoms with Crippen molar-refractivity contribution in [2.45, 2.75) is 19.3 Å². The first-order valence-corrected chi connectivity index (χ1v) is 10.8. The molecule has 1 N–H and O–H groups in total. The Balaban J connectivity index is 1.60. The number of rotatable bonds is 5. The molecule has 6 nitrogen and oxygen atoms in total. The molecule has 1 aliphatic heterocycles. The molecule has 1 unspecified atom stereocenters. The van der Waals surface area contributed by atoms with Crippen molar-refractivity contribution in [1.82, 2.24) is 0 Å². The van der Waals surface area contributed by atoms with Gasteiger partial charge in [-0.3, -0.25) is 14.5 Å². The van der Waals surface area contributed by atoms with Crippen molar-refractivity contribution in [1.29, 1.82) is 0 Å². The Hall–Kier alpha value is -4.53. The fourth-order valence-electron chi connectivity index (χ4n) is 4.29. The van der Waals surface area contributed by atoms with Gasteiger partial charge in [0.05, 0.1) is 11.6 Å². The van der Waals surface area contributed by atoms with E-state index < -0.39 is 35.6 Å². The Morgan fingerprint density at radius 3 is 2.39 bits per heavy atom. The molecule has 0 saturated carbocycles. The van der Waals surface area contributed by atoms with Crippen LogP contribution in [0.4, 0.5) is 18.9 Å². The molecular formula is C27H18F3NO5. The summed E-state index contributed by atoms with van der Waals surface area (Å²) in [5.74, 6) is -2.84. The van der Waals surface area contributed by atoms with E-state index in [1.165, 1.54) is 18.2 Å². The van der Waals surface area contributed by atoms with E-state index in [0.717, 1.165) is 22.6 Å². The van der Waals surface area contributed by atoms with Gasteiger partial charge in [-0.05, 0) is 48.9 Å². The number of furan rings is 1. The first-order valence-electron chi connectivity index (χ1n) is 10.8. The average molecular weight is 493 g/mol. The van der Waals surface area contributed by atoms with Crippen LogP contribution in [-0.4, -0.2) is 23.2 Å². The molecule has 2 heterocycles. The third-order valence-corrected chi connectivity index (χ3v) is 5.81. The van der Waals surface area contributed by atoms with Crippen LogP contribution in [0.5, 0.6) is 5.75 Å². The number of halogens is 3. The van der Waals surface area contributed by atoms with Crippen LogP contribution in [0.1, 0.15) is 27.7 Å². The first-order chi connectivity index (χ1) is 17.1. The molecule has 1 atom stereocenters. The van der Waals surface area contributed by atoms with Gasteiger partial charge < -0.3 is 14.3 Å². The quantitative estimate of drug-likeness (QED) is 0.325. The molecule has 0 radical (unpaired) electrons. The van der Waals surface area contributed by atoms with Crippen LogP contribution < -0.4 is 9.64 Å². The molecule has 5 rings (SSSR count). The number of nitrogens with zero attached hydrogens (tertiary/aromatic N) is 1. The van der Waals surface area contributed by atoms with Crippen molar-refractivity contribution < 1.29 is 37.0 Å². The number of benzene rings is 3. The van der Waals surface area contributed by atoms with Crippen LogP contribution in [0, 0.1) is 6.92 Å². The maximum absolute atomic E-state index is 13.6. The molecule has 36 heavy (non-hydrogen) atoms. The molecule has 3 aromatic carbocycles. The molecule has 0 bridgehead atoms. The van der Waals surface area contributed by atoms with Crippen molar-refractivity contribution in [3.05, 3.63) is 107 Å². The molecule has 182 valence electrons. The second kappa shape index (κ2) is 8.60. The Labute approximate surface area is 202 Å². The Bertz CT molecular complexity index is 1490. The highest BCUT2D eigenvalue weighted by molar-refractivity contribution is 6.20. The van der Waals surface area contributed by atoms with Gasteiger partial charge in [0.25, 0.3) is 5.91 Å². The molecule has 0 saturated heterocycles. The normalized spacial score (nSPS) is 16.2. The van der Waals surface area contributed by atoms with E-state index >= 15 is 0 Å². The van der Waals surface area contributed by atoms with E-state index in [-0.39, 0.29) is 17.0 Å². The number of ketones is 1. The number of anilines is 1. The lowest BCUT2D eigenvalue weighted by atomic mass is 9.94. The van der Waals surface area contributed by atoms with Gasteiger partial charge in [-0.15, -0.1) is 13.2 Å². The van der Waals surface area contributed by atoms with E-state index in [1.54, 1.807) is 42.5 Å². The number of para-hydroxylation sites is 1. The molecule has 0 aliphatic carbocycles. The average Bonchev–Trinajstić information content (AvgIpc) is 3.38. The number of carbonyl (C=O) groups excluding carboxylic acids is 2. The lowest BCUT2D eigenvalue weighted by molar-refractivity contribution is -0.274. The highest BCUT2D eigenvalue weighted by Crippen LogP contribution is 2.43. The predicted molar refractivity (Wildman–Crippen MR) is 125 cm³/mol. The van der Waals surface area contributed by atoms with Crippen molar-refractivity contribution in [3.8, 4) is 5.75 Å².